The Morgan fingerprint density at radius 1 is 1.20 bits per heavy atom. The Kier molecular flexibility index (Phi) is 4.29. The van der Waals surface area contributed by atoms with Crippen LogP contribution in [0.4, 0.5) is 0 Å². The van der Waals surface area contributed by atoms with E-state index in [1.807, 2.05) is 0 Å². The summed E-state index contributed by atoms with van der Waals surface area (Å²) in [6.07, 6.45) is 1.02. The summed E-state index contributed by atoms with van der Waals surface area (Å²) in [5.74, 6) is 0. The number of benzene rings is 1. The fourth-order valence-corrected chi connectivity index (χ4v) is 2.95. The van der Waals surface area contributed by atoms with Crippen molar-refractivity contribution in [2.45, 2.75) is 53.6 Å². The van der Waals surface area contributed by atoms with Crippen molar-refractivity contribution in [3.63, 3.8) is 0 Å². The molecular weight excluding hydrogens is 246 g/mol. The van der Waals surface area contributed by atoms with E-state index < -0.39 is 0 Å². The van der Waals surface area contributed by atoms with Crippen LogP contribution in [0.15, 0.2) is 18.2 Å². The fraction of sp³-hybridized carbons (Fsp3) is 0.471. The summed E-state index contributed by atoms with van der Waals surface area (Å²) in [6, 6.07) is 6.44. The molecule has 0 aliphatic carbocycles. The number of hydrogen-bond acceptors (Lipinski definition) is 2. The van der Waals surface area contributed by atoms with E-state index >= 15 is 0 Å². The van der Waals surface area contributed by atoms with Gasteiger partial charge in [-0.3, -0.25) is 4.68 Å². The molecular formula is C17H25N3. The SMILES string of the molecule is CCc1c(C)nn(CC(N)c2ccc(C)cc2C)c1C. The second kappa shape index (κ2) is 5.80. The summed E-state index contributed by atoms with van der Waals surface area (Å²) in [6.45, 7) is 11.3. The first-order valence-corrected chi connectivity index (χ1v) is 7.29. The van der Waals surface area contributed by atoms with Crippen LogP contribution >= 0.6 is 0 Å². The van der Waals surface area contributed by atoms with Gasteiger partial charge >= 0.3 is 0 Å². The topological polar surface area (TPSA) is 43.8 Å². The number of hydrogen-bond donors (Lipinski definition) is 1. The number of rotatable bonds is 4. The molecule has 0 radical (unpaired) electrons. The average Bonchev–Trinajstić information content (AvgIpc) is 2.63. The lowest BCUT2D eigenvalue weighted by molar-refractivity contribution is 0.513. The molecule has 1 heterocycles. The van der Waals surface area contributed by atoms with Crippen LogP contribution in [-0.2, 0) is 13.0 Å². The summed E-state index contributed by atoms with van der Waals surface area (Å²) in [5.41, 5.74) is 13.8. The summed E-state index contributed by atoms with van der Waals surface area (Å²) in [4.78, 5) is 0. The average molecular weight is 271 g/mol. The van der Waals surface area contributed by atoms with E-state index in [0.29, 0.717) is 0 Å². The first-order chi connectivity index (χ1) is 9.43. The minimum absolute atomic E-state index is 0.0155. The standard InChI is InChI=1S/C17H25N3/c1-6-15-13(4)19-20(14(15)5)10-17(18)16-8-7-11(2)9-12(16)3/h7-9,17H,6,10,18H2,1-5H3. The molecule has 1 atom stereocenters. The first-order valence-electron chi connectivity index (χ1n) is 7.29. The largest absolute Gasteiger partial charge is 0.322 e. The van der Waals surface area contributed by atoms with Gasteiger partial charge in [0.05, 0.1) is 12.2 Å². The zero-order chi connectivity index (χ0) is 14.9. The van der Waals surface area contributed by atoms with E-state index in [0.717, 1.165) is 18.7 Å². The van der Waals surface area contributed by atoms with Gasteiger partial charge in [-0.1, -0.05) is 30.7 Å². The third-order valence-electron chi connectivity index (χ3n) is 4.08. The Labute approximate surface area is 121 Å². The molecule has 0 bridgehead atoms. The predicted molar refractivity (Wildman–Crippen MR) is 83.9 cm³/mol. The number of nitrogens with zero attached hydrogens (tertiary/aromatic N) is 2. The van der Waals surface area contributed by atoms with E-state index in [1.54, 1.807) is 0 Å². The highest BCUT2D eigenvalue weighted by Crippen LogP contribution is 2.21. The van der Waals surface area contributed by atoms with E-state index in [2.05, 4.69) is 62.6 Å². The van der Waals surface area contributed by atoms with Crippen molar-refractivity contribution < 1.29 is 0 Å². The molecule has 0 aliphatic heterocycles. The van der Waals surface area contributed by atoms with Crippen molar-refractivity contribution in [1.29, 1.82) is 0 Å². The van der Waals surface area contributed by atoms with Gasteiger partial charge in [-0.2, -0.15) is 5.10 Å². The molecule has 20 heavy (non-hydrogen) atoms. The zero-order valence-electron chi connectivity index (χ0n) is 13.2. The summed E-state index contributed by atoms with van der Waals surface area (Å²) >= 11 is 0. The van der Waals surface area contributed by atoms with Crippen LogP contribution in [0.3, 0.4) is 0 Å². The van der Waals surface area contributed by atoms with E-state index in [1.165, 1.54) is 27.9 Å². The van der Waals surface area contributed by atoms with Gasteiger partial charge < -0.3 is 5.73 Å². The molecule has 3 nitrogen and oxygen atoms in total. The van der Waals surface area contributed by atoms with Gasteiger partial charge in [0.2, 0.25) is 0 Å². The smallest absolute Gasteiger partial charge is 0.0628 e. The molecule has 1 aromatic carbocycles. The highest BCUT2D eigenvalue weighted by molar-refractivity contribution is 5.33. The molecule has 108 valence electrons. The lowest BCUT2D eigenvalue weighted by Gasteiger charge is -2.16. The van der Waals surface area contributed by atoms with Crippen LogP contribution in [0.1, 0.15) is 46.6 Å². The third-order valence-corrected chi connectivity index (χ3v) is 4.08. The van der Waals surface area contributed by atoms with Crippen molar-refractivity contribution in [3.05, 3.63) is 51.8 Å². The van der Waals surface area contributed by atoms with Crippen molar-refractivity contribution in [3.8, 4) is 0 Å². The maximum absolute atomic E-state index is 6.39. The Morgan fingerprint density at radius 2 is 1.90 bits per heavy atom. The van der Waals surface area contributed by atoms with Crippen molar-refractivity contribution in [2.75, 3.05) is 0 Å². The molecule has 1 aromatic heterocycles. The van der Waals surface area contributed by atoms with Crippen LogP contribution in [0.2, 0.25) is 0 Å². The number of aromatic nitrogens is 2. The van der Waals surface area contributed by atoms with Crippen LogP contribution < -0.4 is 5.73 Å². The van der Waals surface area contributed by atoms with Crippen molar-refractivity contribution in [2.24, 2.45) is 5.73 Å². The molecule has 0 fully saturated rings. The number of nitrogens with two attached hydrogens (primary N) is 1. The highest BCUT2D eigenvalue weighted by Gasteiger charge is 2.14. The molecule has 0 aliphatic rings. The summed E-state index contributed by atoms with van der Waals surface area (Å²) in [7, 11) is 0. The zero-order valence-corrected chi connectivity index (χ0v) is 13.2. The third kappa shape index (κ3) is 2.78. The maximum atomic E-state index is 6.39. The van der Waals surface area contributed by atoms with Gasteiger partial charge in [0, 0.05) is 11.7 Å². The fourth-order valence-electron chi connectivity index (χ4n) is 2.95. The molecule has 2 rings (SSSR count). The van der Waals surface area contributed by atoms with Crippen LogP contribution in [-0.4, -0.2) is 9.78 Å². The van der Waals surface area contributed by atoms with Crippen molar-refractivity contribution >= 4 is 0 Å². The van der Waals surface area contributed by atoms with Crippen molar-refractivity contribution in [1.82, 2.24) is 9.78 Å². The molecule has 0 saturated carbocycles. The Bertz CT molecular complexity index is 611. The molecule has 0 amide bonds. The minimum Gasteiger partial charge on any atom is -0.322 e. The van der Waals surface area contributed by atoms with Gasteiger partial charge in [-0.05, 0) is 50.8 Å². The second-order valence-electron chi connectivity index (χ2n) is 5.65. The minimum atomic E-state index is -0.0155. The summed E-state index contributed by atoms with van der Waals surface area (Å²) in [5, 5.41) is 4.63. The van der Waals surface area contributed by atoms with Gasteiger partial charge in [-0.25, -0.2) is 0 Å². The predicted octanol–water partition coefficient (Wildman–Crippen LogP) is 3.38. The molecule has 0 saturated heterocycles. The summed E-state index contributed by atoms with van der Waals surface area (Å²) < 4.78 is 2.05. The van der Waals surface area contributed by atoms with E-state index in [4.69, 9.17) is 5.73 Å². The Morgan fingerprint density at radius 3 is 2.45 bits per heavy atom. The molecule has 2 N–H and O–H groups in total. The molecule has 3 heteroatoms. The van der Waals surface area contributed by atoms with Gasteiger partial charge in [0.1, 0.15) is 0 Å². The van der Waals surface area contributed by atoms with E-state index in [9.17, 15) is 0 Å². The molecule has 0 spiro atoms. The first kappa shape index (κ1) is 14.8. The van der Waals surface area contributed by atoms with E-state index in [-0.39, 0.29) is 6.04 Å². The second-order valence-corrected chi connectivity index (χ2v) is 5.65. The highest BCUT2D eigenvalue weighted by atomic mass is 15.3. The Balaban J connectivity index is 2.25. The normalized spacial score (nSPS) is 12.7. The Hall–Kier alpha value is -1.61. The van der Waals surface area contributed by atoms with Crippen LogP contribution in [0.5, 0.6) is 0 Å². The monoisotopic (exact) mass is 271 g/mol. The van der Waals surface area contributed by atoms with Crippen LogP contribution in [0, 0.1) is 27.7 Å². The van der Waals surface area contributed by atoms with Gasteiger partial charge in [0.25, 0.3) is 0 Å². The lowest BCUT2D eigenvalue weighted by atomic mass is 10.00. The maximum Gasteiger partial charge on any atom is 0.0628 e. The lowest BCUT2D eigenvalue weighted by Crippen LogP contribution is -2.20. The van der Waals surface area contributed by atoms with Gasteiger partial charge in [-0.15, -0.1) is 0 Å². The molecule has 1 unspecified atom stereocenters. The quantitative estimate of drug-likeness (QED) is 0.926. The number of aryl methyl sites for hydroxylation is 3. The molecule has 2 aromatic rings. The van der Waals surface area contributed by atoms with Crippen LogP contribution in [0.25, 0.3) is 0 Å². The van der Waals surface area contributed by atoms with Gasteiger partial charge in [0.15, 0.2) is 0 Å².